The number of imidazole rings is 1. The highest BCUT2D eigenvalue weighted by Gasteiger charge is 2.54. The van der Waals surface area contributed by atoms with Gasteiger partial charge in [-0.15, -0.1) is 0 Å². The summed E-state index contributed by atoms with van der Waals surface area (Å²) in [5.74, 6) is -0.220. The summed E-state index contributed by atoms with van der Waals surface area (Å²) < 4.78 is 95.2. The second-order valence-corrected chi connectivity index (χ2v) is 15.6. The third-order valence-electron chi connectivity index (χ3n) is 8.57. The molecule has 0 saturated carbocycles. The topological polar surface area (TPSA) is 167 Å². The molecule has 3 aromatic heterocycles. The summed E-state index contributed by atoms with van der Waals surface area (Å²) >= 11 is 12.3. The molecule has 254 valence electrons. The first-order chi connectivity index (χ1) is 23.3. The largest absolute Gasteiger partial charge is 0.346 e. The molecule has 0 spiro atoms. The number of carbonyl (C=O) groups excluding carboxylic acids is 1. The van der Waals surface area contributed by atoms with Gasteiger partial charge in [0.1, 0.15) is 24.4 Å². The van der Waals surface area contributed by atoms with Gasteiger partial charge in [-0.1, -0.05) is 23.2 Å². The molecule has 1 N–H and O–H groups in total. The molecule has 4 aliphatic rings. The first kappa shape index (κ1) is 33.7. The van der Waals surface area contributed by atoms with E-state index in [-0.39, 0.29) is 34.4 Å². The second kappa shape index (κ2) is 12.4. The number of fused-ring (bicyclic) bond motifs is 3. The average molecular weight is 755 g/mol. The Morgan fingerprint density at radius 1 is 0.918 bits per heavy atom. The molecule has 4 aliphatic heterocycles. The molecule has 7 heterocycles. The maximum Gasteiger partial charge on any atom is 0.264 e. The van der Waals surface area contributed by atoms with Gasteiger partial charge >= 0.3 is 0 Å². The van der Waals surface area contributed by atoms with Gasteiger partial charge < -0.3 is 37.5 Å². The van der Waals surface area contributed by atoms with Crippen LogP contribution in [0.15, 0.2) is 30.7 Å². The third-order valence-corrected chi connectivity index (χ3v) is 11.4. The van der Waals surface area contributed by atoms with Crippen molar-refractivity contribution in [1.29, 1.82) is 0 Å². The van der Waals surface area contributed by atoms with Crippen molar-refractivity contribution in [3.63, 3.8) is 0 Å². The number of halogens is 4. The van der Waals surface area contributed by atoms with Gasteiger partial charge in [-0.25, -0.2) is 23.4 Å². The van der Waals surface area contributed by atoms with Crippen molar-refractivity contribution in [2.45, 2.75) is 62.1 Å². The van der Waals surface area contributed by atoms with Crippen LogP contribution in [0.4, 0.5) is 14.5 Å². The van der Waals surface area contributed by atoms with Crippen LogP contribution < -0.4 is 5.32 Å². The average Bonchev–Trinajstić information content (AvgIpc) is 3.75. The van der Waals surface area contributed by atoms with Crippen LogP contribution in [-0.4, -0.2) is 95.3 Å². The van der Waals surface area contributed by atoms with E-state index in [2.05, 4.69) is 20.4 Å². The van der Waals surface area contributed by atoms with Crippen LogP contribution >= 0.6 is 38.2 Å². The number of hydrogen-bond acceptors (Lipinski definition) is 12. The summed E-state index contributed by atoms with van der Waals surface area (Å²) in [6.07, 6.45) is -10.4. The first-order valence-electron chi connectivity index (χ1n) is 14.8. The van der Waals surface area contributed by atoms with E-state index in [4.69, 9.17) is 65.9 Å². The van der Waals surface area contributed by atoms with Crippen molar-refractivity contribution in [2.24, 2.45) is 0 Å². The van der Waals surface area contributed by atoms with Crippen LogP contribution in [0.25, 0.3) is 22.1 Å². The first-order valence-corrected chi connectivity index (χ1v) is 18.8. The zero-order chi connectivity index (χ0) is 34.4. The van der Waals surface area contributed by atoms with Gasteiger partial charge in [-0.05, 0) is 18.2 Å². The Kier molecular flexibility index (Phi) is 8.50. The van der Waals surface area contributed by atoms with Crippen LogP contribution in [0.1, 0.15) is 24.6 Å². The minimum Gasteiger partial charge on any atom is -0.346 e. The molecule has 10 atom stereocenters. The molecule has 4 aromatic rings. The Balaban J connectivity index is 1.08. The summed E-state index contributed by atoms with van der Waals surface area (Å²) in [4.78, 5) is 20.7. The lowest BCUT2D eigenvalue weighted by atomic mass is 10.1. The lowest BCUT2D eigenvalue weighted by Gasteiger charge is -2.29. The molecule has 1 aromatic carbocycles. The van der Waals surface area contributed by atoms with E-state index in [1.165, 1.54) is 33.9 Å². The highest BCUT2D eigenvalue weighted by atomic mass is 35.5. The summed E-state index contributed by atoms with van der Waals surface area (Å²) in [5.41, 5.74) is 1.80. The minimum atomic E-state index is -4.63. The molecular weight excluding hydrogens is 733 g/mol. The highest BCUT2D eigenvalue weighted by molar-refractivity contribution is 7.79. The van der Waals surface area contributed by atoms with Gasteiger partial charge in [0, 0.05) is 19.0 Å². The maximum absolute atomic E-state index is 16.3. The molecule has 0 bridgehead atoms. The number of pyridine rings is 1. The van der Waals surface area contributed by atoms with Crippen LogP contribution in [0.3, 0.4) is 0 Å². The summed E-state index contributed by atoms with van der Waals surface area (Å²) in [6, 6.07) is 4.52. The number of ether oxygens (including phenoxy) is 2. The van der Waals surface area contributed by atoms with Gasteiger partial charge in [0.05, 0.1) is 57.4 Å². The monoisotopic (exact) mass is 754 g/mol. The Labute approximate surface area is 288 Å². The van der Waals surface area contributed by atoms with Gasteiger partial charge in [-0.2, -0.15) is 5.10 Å². The second-order valence-electron chi connectivity index (χ2n) is 11.7. The summed E-state index contributed by atoms with van der Waals surface area (Å²) in [6.45, 7) is -1.46. The van der Waals surface area contributed by atoms with E-state index >= 15 is 8.78 Å². The molecule has 49 heavy (non-hydrogen) atoms. The van der Waals surface area contributed by atoms with Crippen LogP contribution in [0, 0.1) is 0 Å². The summed E-state index contributed by atoms with van der Waals surface area (Å²) in [5, 5.41) is 8.12. The van der Waals surface area contributed by atoms with E-state index in [1.54, 1.807) is 6.07 Å². The molecule has 15 nitrogen and oxygen atoms in total. The van der Waals surface area contributed by atoms with E-state index in [0.717, 1.165) is 0 Å². The molecule has 0 aliphatic carbocycles. The van der Waals surface area contributed by atoms with Crippen molar-refractivity contribution < 1.29 is 50.3 Å². The molecule has 1 amide bonds. The molecule has 8 rings (SSSR count). The maximum atomic E-state index is 16.3. The molecule has 23 heteroatoms. The minimum absolute atomic E-state index is 0.126. The van der Waals surface area contributed by atoms with Gasteiger partial charge in [0.2, 0.25) is 21.0 Å². The van der Waals surface area contributed by atoms with E-state index in [1.807, 2.05) is 0 Å². The SMILES string of the molecule is [B]P1(=O)OC[C@H]2O[C@@H](n3cnc4cc(Cl)c(Cl)cc43)C(F)[C@H]2OP([B])(=O)OC[C@H]2O[C@@H](n3nc4c5c(ccnc53)NC(=O)CC4)[C@@H](F)C2O1. The van der Waals surface area contributed by atoms with Crippen LogP contribution in [-0.2, 0) is 47.9 Å². The fraction of sp³-hybridized carbons (Fsp3) is 0.462. The zero-order valence-corrected chi connectivity index (χ0v) is 28.1. The standard InChI is InChI=1S/C26H22B2Cl2F2N6O9P2/c27-48(40)43-8-17-23(21(32)26(45-17)38-24-19-12(3-4-33-24)35-18(39)2-1-13(19)36-38)47-49(28,41)42-7-16-22(46-48)20(31)25(44-16)37-9-34-14-5-10(29)11(30)6-15(14)37/h3-6,9,16-17,20-23,25-26H,1-2,7-8H2,(H,35,39)/t16-,17-,20?,21+,22+,23?,25-,26-,48?,49?/m1/s1. The van der Waals surface area contributed by atoms with E-state index in [0.29, 0.717) is 27.8 Å². The Hall–Kier alpha value is -2.43. The number of nitrogens with zero attached hydrogens (tertiary/aromatic N) is 5. The number of aromatic nitrogens is 5. The van der Waals surface area contributed by atoms with Crippen molar-refractivity contribution in [1.82, 2.24) is 24.3 Å². The predicted octanol–water partition coefficient (Wildman–Crippen LogP) is 4.51. The number of carbonyl (C=O) groups is 1. The Morgan fingerprint density at radius 2 is 1.55 bits per heavy atom. The number of aryl methyl sites for hydroxylation is 1. The number of rotatable bonds is 2. The number of nitrogens with one attached hydrogen (secondary N) is 1. The quantitative estimate of drug-likeness (QED) is 0.225. The molecule has 4 unspecified atom stereocenters. The van der Waals surface area contributed by atoms with Gasteiger partial charge in [0.25, 0.3) is 14.9 Å². The van der Waals surface area contributed by atoms with Gasteiger partial charge in [-0.3, -0.25) is 13.9 Å². The lowest BCUT2D eigenvalue weighted by Crippen LogP contribution is -2.37. The Bertz CT molecular complexity index is 2100. The van der Waals surface area contributed by atoms with Crippen molar-refractivity contribution in [2.75, 3.05) is 18.5 Å². The van der Waals surface area contributed by atoms with E-state index < -0.39 is 77.4 Å². The number of amides is 1. The van der Waals surface area contributed by atoms with Gasteiger partial charge in [0.15, 0.2) is 30.4 Å². The highest BCUT2D eigenvalue weighted by Crippen LogP contribution is 2.54. The number of benzene rings is 1. The predicted molar refractivity (Wildman–Crippen MR) is 170 cm³/mol. The van der Waals surface area contributed by atoms with Crippen molar-refractivity contribution >= 4 is 86.9 Å². The number of hydrogen-bond donors (Lipinski definition) is 1. The van der Waals surface area contributed by atoms with Crippen LogP contribution in [0.5, 0.6) is 0 Å². The zero-order valence-electron chi connectivity index (χ0n) is 24.8. The summed E-state index contributed by atoms with van der Waals surface area (Å²) in [7, 11) is 2.54. The smallest absolute Gasteiger partial charge is 0.264 e. The van der Waals surface area contributed by atoms with Crippen LogP contribution in [0.2, 0.25) is 10.0 Å². The molecule has 4 radical (unpaired) electrons. The number of alkyl halides is 2. The van der Waals surface area contributed by atoms with E-state index in [9.17, 15) is 13.9 Å². The molecular formula is C26H22B2Cl2F2N6O9P2. The fourth-order valence-corrected chi connectivity index (χ4v) is 8.68. The Morgan fingerprint density at radius 3 is 2.24 bits per heavy atom. The number of anilines is 1. The third kappa shape index (κ3) is 6.05. The normalized spacial score (nSPS) is 36.9. The lowest BCUT2D eigenvalue weighted by molar-refractivity contribution is -0.116. The fourth-order valence-electron chi connectivity index (χ4n) is 6.35. The van der Waals surface area contributed by atoms with Crippen molar-refractivity contribution in [3.05, 3.63) is 46.5 Å². The van der Waals surface area contributed by atoms with Crippen molar-refractivity contribution in [3.8, 4) is 0 Å². The molecule has 3 fully saturated rings. The molecule has 3 saturated heterocycles.